The molecular weight excluding hydrogens is 302 g/mol. The number of rotatable bonds is 6. The van der Waals surface area contributed by atoms with Crippen LogP contribution >= 0.6 is 0 Å². The third-order valence-electron chi connectivity index (χ3n) is 4.69. The van der Waals surface area contributed by atoms with Crippen molar-refractivity contribution in [2.75, 3.05) is 6.54 Å². The Bertz CT molecular complexity index is 688. The summed E-state index contributed by atoms with van der Waals surface area (Å²) in [5.41, 5.74) is 2.35. The maximum Gasteiger partial charge on any atom is 0.262 e. The number of nitrogens with one attached hydrogen (secondary N) is 1. The first-order chi connectivity index (χ1) is 11.3. The van der Waals surface area contributed by atoms with Crippen molar-refractivity contribution >= 4 is 12.0 Å². The number of hydrogen-bond donors (Lipinski definition) is 2. The summed E-state index contributed by atoms with van der Waals surface area (Å²) in [7, 11) is 0. The van der Waals surface area contributed by atoms with Crippen LogP contribution < -0.4 is 5.32 Å². The number of aliphatic hydroxyl groups is 1. The number of aromatic nitrogens is 1. The number of amides is 1. The standard InChI is InChI=1S/C19H27N3O2/c1-13(2)11-22-14(3)8-16(15(22)4)9-17(10-20)18(23)21-12-19(24)6-5-7-19/h8-9,13,24H,5-7,11-12H2,1-4H3,(H,21,23). The molecule has 0 spiro atoms. The van der Waals surface area contributed by atoms with Crippen molar-refractivity contribution in [2.24, 2.45) is 5.92 Å². The average molecular weight is 329 g/mol. The van der Waals surface area contributed by atoms with Gasteiger partial charge in [-0.3, -0.25) is 4.79 Å². The van der Waals surface area contributed by atoms with Crippen molar-refractivity contribution in [3.63, 3.8) is 0 Å². The summed E-state index contributed by atoms with van der Waals surface area (Å²) < 4.78 is 2.21. The summed E-state index contributed by atoms with van der Waals surface area (Å²) in [5, 5.41) is 22.1. The van der Waals surface area contributed by atoms with E-state index in [0.29, 0.717) is 18.8 Å². The summed E-state index contributed by atoms with van der Waals surface area (Å²) in [4.78, 5) is 12.2. The van der Waals surface area contributed by atoms with Crippen LogP contribution in [0.4, 0.5) is 0 Å². The van der Waals surface area contributed by atoms with Gasteiger partial charge in [0.15, 0.2) is 0 Å². The molecule has 2 rings (SSSR count). The van der Waals surface area contributed by atoms with Gasteiger partial charge in [0, 0.05) is 24.5 Å². The van der Waals surface area contributed by atoms with E-state index in [-0.39, 0.29) is 12.1 Å². The molecular formula is C19H27N3O2. The number of nitriles is 1. The van der Waals surface area contributed by atoms with E-state index < -0.39 is 11.5 Å². The third-order valence-corrected chi connectivity index (χ3v) is 4.69. The molecule has 1 aliphatic rings. The normalized spacial score (nSPS) is 16.6. The zero-order chi connectivity index (χ0) is 17.9. The second-order valence-electron chi connectivity index (χ2n) is 7.26. The van der Waals surface area contributed by atoms with Crippen molar-refractivity contribution in [2.45, 2.75) is 59.1 Å². The van der Waals surface area contributed by atoms with Gasteiger partial charge in [0.05, 0.1) is 5.60 Å². The molecule has 5 heteroatoms. The number of hydrogen-bond acceptors (Lipinski definition) is 3. The minimum Gasteiger partial charge on any atom is -0.388 e. The van der Waals surface area contributed by atoms with Crippen molar-refractivity contribution in [1.82, 2.24) is 9.88 Å². The molecule has 0 bridgehead atoms. The van der Waals surface area contributed by atoms with Gasteiger partial charge in [-0.1, -0.05) is 13.8 Å². The van der Waals surface area contributed by atoms with E-state index in [1.165, 1.54) is 0 Å². The number of carbonyl (C=O) groups is 1. The zero-order valence-electron chi connectivity index (χ0n) is 15.0. The van der Waals surface area contributed by atoms with Gasteiger partial charge in [0.1, 0.15) is 11.6 Å². The zero-order valence-corrected chi connectivity index (χ0v) is 15.0. The largest absolute Gasteiger partial charge is 0.388 e. The summed E-state index contributed by atoms with van der Waals surface area (Å²) in [6.45, 7) is 9.47. The quantitative estimate of drug-likeness (QED) is 0.622. The number of nitrogens with zero attached hydrogens (tertiary/aromatic N) is 2. The van der Waals surface area contributed by atoms with Crippen LogP contribution in [0.15, 0.2) is 11.6 Å². The molecule has 1 fully saturated rings. The monoisotopic (exact) mass is 329 g/mol. The lowest BCUT2D eigenvalue weighted by atomic mass is 9.80. The summed E-state index contributed by atoms with van der Waals surface area (Å²) in [6, 6.07) is 3.98. The Labute approximate surface area is 144 Å². The second kappa shape index (κ2) is 7.23. The molecule has 0 aliphatic heterocycles. The van der Waals surface area contributed by atoms with Crippen LogP contribution in [0.3, 0.4) is 0 Å². The molecule has 0 radical (unpaired) electrons. The lowest BCUT2D eigenvalue weighted by Gasteiger charge is -2.36. The van der Waals surface area contributed by atoms with Crippen molar-refractivity contribution in [3.8, 4) is 6.07 Å². The Kier molecular flexibility index (Phi) is 5.51. The Balaban J connectivity index is 2.15. The fourth-order valence-corrected chi connectivity index (χ4v) is 3.03. The highest BCUT2D eigenvalue weighted by atomic mass is 16.3. The van der Waals surface area contributed by atoms with Gasteiger partial charge in [0.2, 0.25) is 0 Å². The first-order valence-electron chi connectivity index (χ1n) is 8.55. The molecule has 1 aromatic rings. The Morgan fingerprint density at radius 2 is 2.17 bits per heavy atom. The van der Waals surface area contributed by atoms with E-state index in [1.54, 1.807) is 6.08 Å². The second-order valence-corrected chi connectivity index (χ2v) is 7.26. The van der Waals surface area contributed by atoms with E-state index in [9.17, 15) is 15.2 Å². The van der Waals surface area contributed by atoms with E-state index >= 15 is 0 Å². The van der Waals surface area contributed by atoms with Gasteiger partial charge in [-0.25, -0.2) is 0 Å². The highest BCUT2D eigenvalue weighted by Gasteiger charge is 2.34. The molecule has 5 nitrogen and oxygen atoms in total. The lowest BCUT2D eigenvalue weighted by Crippen LogP contribution is -2.48. The van der Waals surface area contributed by atoms with Crippen molar-refractivity contribution < 1.29 is 9.90 Å². The molecule has 1 aliphatic carbocycles. The number of aryl methyl sites for hydroxylation is 1. The van der Waals surface area contributed by atoms with Gasteiger partial charge in [-0.05, 0) is 56.7 Å². The molecule has 1 heterocycles. The Hall–Kier alpha value is -2.06. The van der Waals surface area contributed by atoms with Crippen LogP contribution in [-0.4, -0.2) is 27.7 Å². The van der Waals surface area contributed by atoms with E-state index in [2.05, 4.69) is 23.7 Å². The number of carbonyl (C=O) groups excluding carboxylic acids is 1. The highest BCUT2D eigenvalue weighted by Crippen LogP contribution is 2.30. The smallest absolute Gasteiger partial charge is 0.262 e. The third kappa shape index (κ3) is 4.07. The molecule has 24 heavy (non-hydrogen) atoms. The molecule has 1 amide bonds. The maximum atomic E-state index is 12.2. The molecule has 0 unspecified atom stereocenters. The molecule has 130 valence electrons. The predicted molar refractivity (Wildman–Crippen MR) is 94.1 cm³/mol. The lowest BCUT2D eigenvalue weighted by molar-refractivity contribution is -0.119. The molecule has 1 aromatic heterocycles. The van der Waals surface area contributed by atoms with E-state index in [4.69, 9.17) is 0 Å². The fraction of sp³-hybridized carbons (Fsp3) is 0.579. The highest BCUT2D eigenvalue weighted by molar-refractivity contribution is 6.01. The topological polar surface area (TPSA) is 78.1 Å². The first-order valence-corrected chi connectivity index (χ1v) is 8.55. The van der Waals surface area contributed by atoms with Crippen LogP contribution in [0.1, 0.15) is 50.1 Å². The fourth-order valence-electron chi connectivity index (χ4n) is 3.03. The summed E-state index contributed by atoms with van der Waals surface area (Å²) >= 11 is 0. The molecule has 2 N–H and O–H groups in total. The molecule has 0 atom stereocenters. The van der Waals surface area contributed by atoms with Crippen LogP contribution in [0.2, 0.25) is 0 Å². The summed E-state index contributed by atoms with van der Waals surface area (Å²) in [6.07, 6.45) is 4.03. The van der Waals surface area contributed by atoms with Gasteiger partial charge in [-0.15, -0.1) is 0 Å². The van der Waals surface area contributed by atoms with Crippen LogP contribution in [0.5, 0.6) is 0 Å². The molecule has 0 aromatic carbocycles. The molecule has 0 saturated heterocycles. The van der Waals surface area contributed by atoms with Gasteiger partial charge >= 0.3 is 0 Å². The predicted octanol–water partition coefficient (Wildman–Crippen LogP) is 2.70. The maximum absolute atomic E-state index is 12.2. The SMILES string of the molecule is Cc1cc(C=C(C#N)C(=O)NCC2(O)CCC2)c(C)n1CC(C)C. The minimum atomic E-state index is -0.788. The molecule has 1 saturated carbocycles. The van der Waals surface area contributed by atoms with E-state index in [0.717, 1.165) is 29.9 Å². The van der Waals surface area contributed by atoms with Crippen LogP contribution in [0.25, 0.3) is 6.08 Å². The van der Waals surface area contributed by atoms with Crippen molar-refractivity contribution in [3.05, 3.63) is 28.6 Å². The summed E-state index contributed by atoms with van der Waals surface area (Å²) in [5.74, 6) is 0.0973. The van der Waals surface area contributed by atoms with Crippen LogP contribution in [-0.2, 0) is 11.3 Å². The van der Waals surface area contributed by atoms with Gasteiger partial charge in [0.25, 0.3) is 5.91 Å². The minimum absolute atomic E-state index is 0.0720. The van der Waals surface area contributed by atoms with E-state index in [1.807, 2.05) is 26.0 Å². The Morgan fingerprint density at radius 1 is 1.50 bits per heavy atom. The average Bonchev–Trinajstić information content (AvgIpc) is 2.75. The van der Waals surface area contributed by atoms with Crippen LogP contribution in [0, 0.1) is 31.1 Å². The Morgan fingerprint density at radius 3 is 2.67 bits per heavy atom. The van der Waals surface area contributed by atoms with Gasteiger partial charge < -0.3 is 15.0 Å². The van der Waals surface area contributed by atoms with Crippen molar-refractivity contribution in [1.29, 1.82) is 5.26 Å². The first kappa shape index (κ1) is 18.3. The van der Waals surface area contributed by atoms with Gasteiger partial charge in [-0.2, -0.15) is 5.26 Å².